The quantitative estimate of drug-likeness (QED) is 0.873. The van der Waals surface area contributed by atoms with Crippen LogP contribution in [0.5, 0.6) is 0 Å². The van der Waals surface area contributed by atoms with Gasteiger partial charge in [0.25, 0.3) is 0 Å². The van der Waals surface area contributed by atoms with E-state index < -0.39 is 0 Å². The van der Waals surface area contributed by atoms with Gasteiger partial charge < -0.3 is 10.2 Å². The molecule has 1 aromatic rings. The van der Waals surface area contributed by atoms with E-state index in [0.717, 1.165) is 29.9 Å². The van der Waals surface area contributed by atoms with Crippen molar-refractivity contribution in [2.45, 2.75) is 39.8 Å². The van der Waals surface area contributed by atoms with Crippen LogP contribution in [0.3, 0.4) is 0 Å². The molecule has 0 aliphatic carbocycles. The summed E-state index contributed by atoms with van der Waals surface area (Å²) in [7, 11) is 0. The molecular weight excluding hydrogens is 212 g/mol. The summed E-state index contributed by atoms with van der Waals surface area (Å²) in [6.07, 6.45) is 2.64. The number of nitrogens with zero attached hydrogens (tertiary/aromatic N) is 1. The van der Waals surface area contributed by atoms with E-state index in [4.69, 9.17) is 10.2 Å². The minimum Gasteiger partial charge on any atom is -0.463 e. The van der Waals surface area contributed by atoms with Gasteiger partial charge in [-0.15, -0.1) is 0 Å². The van der Waals surface area contributed by atoms with E-state index in [0.29, 0.717) is 6.54 Å². The Kier molecular flexibility index (Phi) is 4.24. The van der Waals surface area contributed by atoms with Gasteiger partial charge in [-0.05, 0) is 49.9 Å². The molecule has 0 radical (unpaired) electrons. The topological polar surface area (TPSA) is 42.4 Å². The highest BCUT2D eigenvalue weighted by molar-refractivity contribution is 5.06. The molecule has 1 aromatic heterocycles. The van der Waals surface area contributed by atoms with Gasteiger partial charge in [0.15, 0.2) is 0 Å². The third-order valence-corrected chi connectivity index (χ3v) is 3.87. The zero-order valence-electron chi connectivity index (χ0n) is 11.0. The standard InChI is InChI=1S/C14H24N2O/c1-11(2)12-5-7-16(8-6-12)10-14-4-3-13(9-15)17-14/h3-4,11-12H,5-10,15H2,1-2H3. The number of rotatable bonds is 4. The molecule has 0 bridgehead atoms. The average Bonchev–Trinajstić information content (AvgIpc) is 2.77. The predicted molar refractivity (Wildman–Crippen MR) is 69.4 cm³/mol. The van der Waals surface area contributed by atoms with Crippen LogP contribution in [-0.4, -0.2) is 18.0 Å². The zero-order valence-corrected chi connectivity index (χ0v) is 11.0. The lowest BCUT2D eigenvalue weighted by Gasteiger charge is -2.33. The zero-order chi connectivity index (χ0) is 12.3. The second-order valence-corrected chi connectivity index (χ2v) is 5.43. The fraction of sp³-hybridized carbons (Fsp3) is 0.714. The fourth-order valence-electron chi connectivity index (χ4n) is 2.62. The highest BCUT2D eigenvalue weighted by Gasteiger charge is 2.21. The largest absolute Gasteiger partial charge is 0.463 e. The Bertz CT molecular complexity index is 338. The van der Waals surface area contributed by atoms with Crippen LogP contribution in [-0.2, 0) is 13.1 Å². The number of piperidine rings is 1. The molecule has 2 N–H and O–H groups in total. The summed E-state index contributed by atoms with van der Waals surface area (Å²) in [5.41, 5.74) is 5.54. The summed E-state index contributed by atoms with van der Waals surface area (Å²) < 4.78 is 5.64. The van der Waals surface area contributed by atoms with Crippen LogP contribution < -0.4 is 5.73 Å². The molecule has 1 saturated heterocycles. The summed E-state index contributed by atoms with van der Waals surface area (Å²) >= 11 is 0. The van der Waals surface area contributed by atoms with Gasteiger partial charge in [0.05, 0.1) is 13.1 Å². The smallest absolute Gasteiger partial charge is 0.118 e. The van der Waals surface area contributed by atoms with Crippen LogP contribution in [0.25, 0.3) is 0 Å². The molecule has 2 heterocycles. The maximum absolute atomic E-state index is 5.64. The molecule has 3 heteroatoms. The Labute approximate surface area is 104 Å². The maximum atomic E-state index is 5.64. The molecule has 0 atom stereocenters. The van der Waals surface area contributed by atoms with Crippen molar-refractivity contribution in [3.05, 3.63) is 23.7 Å². The van der Waals surface area contributed by atoms with Crippen LogP contribution in [0, 0.1) is 11.8 Å². The summed E-state index contributed by atoms with van der Waals surface area (Å²) in [5, 5.41) is 0. The molecule has 17 heavy (non-hydrogen) atoms. The van der Waals surface area contributed by atoms with E-state index in [1.807, 2.05) is 6.07 Å². The fourth-order valence-corrected chi connectivity index (χ4v) is 2.62. The third-order valence-electron chi connectivity index (χ3n) is 3.87. The summed E-state index contributed by atoms with van der Waals surface area (Å²) in [6.45, 7) is 8.49. The van der Waals surface area contributed by atoms with Crippen molar-refractivity contribution in [1.29, 1.82) is 0 Å². The van der Waals surface area contributed by atoms with E-state index in [1.165, 1.54) is 25.9 Å². The number of furan rings is 1. The predicted octanol–water partition coefficient (Wildman–Crippen LogP) is 2.61. The highest BCUT2D eigenvalue weighted by atomic mass is 16.3. The van der Waals surface area contributed by atoms with E-state index in [2.05, 4.69) is 24.8 Å². The van der Waals surface area contributed by atoms with E-state index in [-0.39, 0.29) is 0 Å². The van der Waals surface area contributed by atoms with Crippen molar-refractivity contribution in [3.8, 4) is 0 Å². The molecule has 96 valence electrons. The van der Waals surface area contributed by atoms with Crippen molar-refractivity contribution in [2.24, 2.45) is 17.6 Å². The van der Waals surface area contributed by atoms with Gasteiger partial charge in [0, 0.05) is 0 Å². The van der Waals surface area contributed by atoms with Crippen molar-refractivity contribution in [2.75, 3.05) is 13.1 Å². The second kappa shape index (κ2) is 5.69. The van der Waals surface area contributed by atoms with Crippen LogP contribution >= 0.6 is 0 Å². The summed E-state index contributed by atoms with van der Waals surface area (Å²) in [4.78, 5) is 2.48. The van der Waals surface area contributed by atoms with Gasteiger partial charge in [-0.3, -0.25) is 4.90 Å². The van der Waals surface area contributed by atoms with Gasteiger partial charge in [0.1, 0.15) is 11.5 Å². The molecular formula is C14H24N2O. The second-order valence-electron chi connectivity index (χ2n) is 5.43. The molecule has 3 nitrogen and oxygen atoms in total. The van der Waals surface area contributed by atoms with E-state index in [1.54, 1.807) is 0 Å². The molecule has 0 aromatic carbocycles. The molecule has 2 rings (SSSR count). The molecule has 0 unspecified atom stereocenters. The Morgan fingerprint density at radius 1 is 1.29 bits per heavy atom. The molecule has 0 amide bonds. The highest BCUT2D eigenvalue weighted by Crippen LogP contribution is 2.25. The lowest BCUT2D eigenvalue weighted by Crippen LogP contribution is -2.34. The molecule has 1 aliphatic heterocycles. The third kappa shape index (κ3) is 3.33. The van der Waals surface area contributed by atoms with Gasteiger partial charge in [-0.2, -0.15) is 0 Å². The normalized spacial score (nSPS) is 19.1. The minimum atomic E-state index is 0.495. The van der Waals surface area contributed by atoms with Crippen LogP contribution in [0.4, 0.5) is 0 Å². The van der Waals surface area contributed by atoms with Crippen molar-refractivity contribution < 1.29 is 4.42 Å². The SMILES string of the molecule is CC(C)C1CCN(Cc2ccc(CN)o2)CC1. The summed E-state index contributed by atoms with van der Waals surface area (Å²) in [5.74, 6) is 3.66. The number of hydrogen-bond donors (Lipinski definition) is 1. The van der Waals surface area contributed by atoms with Gasteiger partial charge in [-0.1, -0.05) is 13.8 Å². The van der Waals surface area contributed by atoms with E-state index in [9.17, 15) is 0 Å². The Balaban J connectivity index is 1.81. The Morgan fingerprint density at radius 2 is 1.94 bits per heavy atom. The number of nitrogens with two attached hydrogens (primary N) is 1. The first kappa shape index (κ1) is 12.7. The Hall–Kier alpha value is -0.800. The number of likely N-dealkylation sites (tertiary alicyclic amines) is 1. The average molecular weight is 236 g/mol. The first-order valence-corrected chi connectivity index (χ1v) is 6.69. The first-order valence-electron chi connectivity index (χ1n) is 6.69. The van der Waals surface area contributed by atoms with Crippen molar-refractivity contribution >= 4 is 0 Å². The van der Waals surface area contributed by atoms with Gasteiger partial charge in [-0.25, -0.2) is 0 Å². The molecule has 1 fully saturated rings. The lowest BCUT2D eigenvalue weighted by atomic mass is 9.87. The monoisotopic (exact) mass is 236 g/mol. The molecule has 0 saturated carbocycles. The van der Waals surface area contributed by atoms with Gasteiger partial charge >= 0.3 is 0 Å². The maximum Gasteiger partial charge on any atom is 0.118 e. The van der Waals surface area contributed by atoms with Crippen molar-refractivity contribution in [1.82, 2.24) is 4.90 Å². The number of hydrogen-bond acceptors (Lipinski definition) is 3. The first-order chi connectivity index (χ1) is 8.19. The van der Waals surface area contributed by atoms with E-state index >= 15 is 0 Å². The van der Waals surface area contributed by atoms with Gasteiger partial charge in [0.2, 0.25) is 0 Å². The minimum absolute atomic E-state index is 0.495. The van der Waals surface area contributed by atoms with Crippen LogP contribution in [0.2, 0.25) is 0 Å². The molecule has 0 spiro atoms. The molecule has 1 aliphatic rings. The lowest BCUT2D eigenvalue weighted by molar-refractivity contribution is 0.143. The summed E-state index contributed by atoms with van der Waals surface area (Å²) in [6, 6.07) is 4.03. The van der Waals surface area contributed by atoms with Crippen LogP contribution in [0.15, 0.2) is 16.5 Å². The van der Waals surface area contributed by atoms with Crippen LogP contribution in [0.1, 0.15) is 38.2 Å². The Morgan fingerprint density at radius 3 is 2.47 bits per heavy atom. The van der Waals surface area contributed by atoms with Crippen molar-refractivity contribution in [3.63, 3.8) is 0 Å².